The van der Waals surface area contributed by atoms with Gasteiger partial charge in [-0.05, 0) is 158 Å². The molecule has 0 aliphatic rings. The highest BCUT2D eigenvalue weighted by Crippen LogP contribution is 2.47. The number of pyridine rings is 2. The van der Waals surface area contributed by atoms with E-state index in [4.69, 9.17) is 9.97 Å². The Balaban J connectivity index is 0.973. The van der Waals surface area contributed by atoms with Crippen LogP contribution in [0, 0.1) is 0 Å². The van der Waals surface area contributed by atoms with Gasteiger partial charge in [-0.2, -0.15) is 0 Å². The van der Waals surface area contributed by atoms with E-state index in [1.54, 1.807) is 0 Å². The number of fused-ring (bicyclic) bond motifs is 20. The SMILES string of the molecule is c1ccc2c(c1)c1ccccc1c1cc(-n3c4cccnc4c4c5ccc6cc7c(c8ccc(cc43)c5c68)c3ncccc3n7-c3ccc4c5ccccc5c5ccccc5c4c3)ccc21. The molecule has 16 rings (SSSR count). The molecule has 4 aromatic heterocycles. The third-order valence-electron chi connectivity index (χ3n) is 14.8. The number of aromatic nitrogens is 4. The molecule has 0 aliphatic carbocycles. The summed E-state index contributed by atoms with van der Waals surface area (Å²) in [6.45, 7) is 0. The fourth-order valence-electron chi connectivity index (χ4n) is 12.2. The monoisotopic (exact) mass is 834 g/mol. The first-order valence-electron chi connectivity index (χ1n) is 22.7. The third kappa shape index (κ3) is 4.33. The van der Waals surface area contributed by atoms with E-state index >= 15 is 0 Å². The molecule has 4 heterocycles. The summed E-state index contributed by atoms with van der Waals surface area (Å²) in [6.07, 6.45) is 3.87. The molecular weight excluding hydrogens is 801 g/mol. The van der Waals surface area contributed by atoms with E-state index in [-0.39, 0.29) is 0 Å². The Bertz CT molecular complexity index is 4440. The van der Waals surface area contributed by atoms with Crippen molar-refractivity contribution in [3.63, 3.8) is 0 Å². The average molecular weight is 835 g/mol. The van der Waals surface area contributed by atoms with Crippen LogP contribution in [0.4, 0.5) is 0 Å². The van der Waals surface area contributed by atoms with Crippen molar-refractivity contribution in [3.8, 4) is 11.4 Å². The van der Waals surface area contributed by atoms with Crippen molar-refractivity contribution in [2.45, 2.75) is 0 Å². The van der Waals surface area contributed by atoms with E-state index in [0.29, 0.717) is 0 Å². The second-order valence-electron chi connectivity index (χ2n) is 18.0. The van der Waals surface area contributed by atoms with Crippen LogP contribution < -0.4 is 0 Å². The minimum Gasteiger partial charge on any atom is -0.308 e. The fourth-order valence-corrected chi connectivity index (χ4v) is 12.2. The van der Waals surface area contributed by atoms with Crippen molar-refractivity contribution in [2.24, 2.45) is 0 Å². The summed E-state index contributed by atoms with van der Waals surface area (Å²) in [5.74, 6) is 0. The Kier molecular flexibility index (Phi) is 6.52. The van der Waals surface area contributed by atoms with Crippen molar-refractivity contribution in [1.82, 2.24) is 19.1 Å². The lowest BCUT2D eigenvalue weighted by Crippen LogP contribution is -1.96. The first kappa shape index (κ1) is 34.6. The molecular formula is C62H34N4. The third-order valence-corrected chi connectivity index (χ3v) is 14.8. The van der Waals surface area contributed by atoms with E-state index in [0.717, 1.165) is 44.5 Å². The summed E-state index contributed by atoms with van der Waals surface area (Å²) >= 11 is 0. The van der Waals surface area contributed by atoms with E-state index in [2.05, 4.69) is 203 Å². The van der Waals surface area contributed by atoms with E-state index < -0.39 is 0 Å². The van der Waals surface area contributed by atoms with Crippen LogP contribution in [-0.2, 0) is 0 Å². The van der Waals surface area contributed by atoms with Crippen molar-refractivity contribution in [1.29, 1.82) is 0 Å². The molecule has 0 aliphatic heterocycles. The lowest BCUT2D eigenvalue weighted by Gasteiger charge is -2.16. The zero-order valence-electron chi connectivity index (χ0n) is 35.4. The van der Waals surface area contributed by atoms with Crippen LogP contribution in [0.1, 0.15) is 0 Å². The molecule has 0 N–H and O–H groups in total. The quantitative estimate of drug-likeness (QED) is 0.163. The molecule has 4 heteroatoms. The number of rotatable bonds is 2. The molecule has 0 bridgehead atoms. The molecule has 0 saturated heterocycles. The van der Waals surface area contributed by atoms with Crippen molar-refractivity contribution < 1.29 is 0 Å². The van der Waals surface area contributed by atoms with Gasteiger partial charge in [-0.15, -0.1) is 0 Å². The van der Waals surface area contributed by atoms with Crippen molar-refractivity contribution >= 4 is 141 Å². The van der Waals surface area contributed by atoms with Gasteiger partial charge in [0, 0.05) is 34.5 Å². The maximum Gasteiger partial charge on any atom is 0.0969 e. The van der Waals surface area contributed by atoms with Crippen molar-refractivity contribution in [2.75, 3.05) is 0 Å². The molecule has 0 saturated carbocycles. The van der Waals surface area contributed by atoms with Crippen LogP contribution in [0.5, 0.6) is 0 Å². The molecule has 66 heavy (non-hydrogen) atoms. The highest BCUT2D eigenvalue weighted by atomic mass is 15.0. The van der Waals surface area contributed by atoms with Gasteiger partial charge in [-0.25, -0.2) is 0 Å². The predicted molar refractivity (Wildman–Crippen MR) is 279 cm³/mol. The van der Waals surface area contributed by atoms with Crippen LogP contribution in [0.15, 0.2) is 207 Å². The van der Waals surface area contributed by atoms with Crippen molar-refractivity contribution in [3.05, 3.63) is 207 Å². The minimum absolute atomic E-state index is 1.01. The largest absolute Gasteiger partial charge is 0.308 e. The minimum atomic E-state index is 1.01. The molecule has 302 valence electrons. The number of benzene rings is 12. The zero-order chi connectivity index (χ0) is 42.8. The Hall–Kier alpha value is -8.86. The second-order valence-corrected chi connectivity index (χ2v) is 18.0. The van der Waals surface area contributed by atoms with Gasteiger partial charge >= 0.3 is 0 Å². The molecule has 0 atom stereocenters. The maximum atomic E-state index is 5.14. The van der Waals surface area contributed by atoms with Gasteiger partial charge in [0.15, 0.2) is 0 Å². The highest BCUT2D eigenvalue weighted by molar-refractivity contribution is 6.37. The first-order valence-corrected chi connectivity index (χ1v) is 22.7. The lowest BCUT2D eigenvalue weighted by atomic mass is 9.90. The molecule has 0 unspecified atom stereocenters. The van der Waals surface area contributed by atoms with Crippen LogP contribution in [0.3, 0.4) is 0 Å². The van der Waals surface area contributed by atoms with Gasteiger partial charge in [-0.1, -0.05) is 133 Å². The summed E-state index contributed by atoms with van der Waals surface area (Å²) in [5.41, 5.74) is 8.76. The van der Waals surface area contributed by atoms with Gasteiger partial charge in [0.25, 0.3) is 0 Å². The van der Waals surface area contributed by atoms with Gasteiger partial charge in [0.2, 0.25) is 0 Å². The summed E-state index contributed by atoms with van der Waals surface area (Å²) < 4.78 is 4.86. The second kappa shape index (κ2) is 12.4. The molecule has 0 radical (unpaired) electrons. The van der Waals surface area contributed by atoms with Crippen LogP contribution in [0.2, 0.25) is 0 Å². The smallest absolute Gasteiger partial charge is 0.0969 e. The molecule has 12 aromatic carbocycles. The molecule has 0 fully saturated rings. The van der Waals surface area contributed by atoms with Gasteiger partial charge in [-0.3, -0.25) is 9.97 Å². The Morgan fingerprint density at radius 3 is 0.955 bits per heavy atom. The Morgan fingerprint density at radius 1 is 0.242 bits per heavy atom. The Morgan fingerprint density at radius 2 is 0.576 bits per heavy atom. The normalized spacial score (nSPS) is 12.5. The van der Waals surface area contributed by atoms with Crippen LogP contribution in [-0.4, -0.2) is 19.1 Å². The van der Waals surface area contributed by atoms with Gasteiger partial charge in [0.1, 0.15) is 0 Å². The van der Waals surface area contributed by atoms with Crippen LogP contribution in [0.25, 0.3) is 152 Å². The standard InChI is InChI=1S/C62H34N4/c1-3-15-43-39(11-1)41-13-5-7-17-45(41)51-33-37(23-27-47(43)51)65-53-19-9-29-63-61(53)59-49-25-22-36-32-56-60(50-26-21-35(31-55(59)65)57(49)58(36)50)62-54(20-10-30-64-62)66(56)38-24-28-48-44-16-4-2-12-40(44)42-14-6-8-18-46(42)52(48)34-38/h1-34H. The number of hydrogen-bond donors (Lipinski definition) is 0. The highest BCUT2D eigenvalue weighted by Gasteiger charge is 2.24. The predicted octanol–water partition coefficient (Wildman–Crippen LogP) is 16.5. The summed E-state index contributed by atoms with van der Waals surface area (Å²) in [5, 5.41) is 24.9. The van der Waals surface area contributed by atoms with Crippen LogP contribution >= 0.6 is 0 Å². The topological polar surface area (TPSA) is 35.6 Å². The summed E-state index contributed by atoms with van der Waals surface area (Å²) in [4.78, 5) is 10.3. The molecule has 0 spiro atoms. The number of nitrogens with zero attached hydrogens (tertiary/aromatic N) is 4. The lowest BCUT2D eigenvalue weighted by molar-refractivity contribution is 1.18. The van der Waals surface area contributed by atoms with Gasteiger partial charge in [0.05, 0.1) is 33.1 Å². The first-order chi connectivity index (χ1) is 32.8. The van der Waals surface area contributed by atoms with E-state index in [9.17, 15) is 0 Å². The summed E-state index contributed by atoms with van der Waals surface area (Å²) in [7, 11) is 0. The van der Waals surface area contributed by atoms with E-state index in [1.807, 2.05) is 12.4 Å². The van der Waals surface area contributed by atoms with Gasteiger partial charge < -0.3 is 9.13 Å². The number of hydrogen-bond acceptors (Lipinski definition) is 2. The molecule has 0 amide bonds. The maximum absolute atomic E-state index is 5.14. The average Bonchev–Trinajstić information content (AvgIpc) is 3.90. The zero-order valence-corrected chi connectivity index (χ0v) is 35.4. The fraction of sp³-hybridized carbons (Fsp3) is 0. The van der Waals surface area contributed by atoms with E-state index in [1.165, 1.54) is 108 Å². The Labute approximate surface area is 376 Å². The molecule has 4 nitrogen and oxygen atoms in total. The summed E-state index contributed by atoms with van der Waals surface area (Å²) in [6, 6.07) is 71.9. The molecule has 16 aromatic rings.